The van der Waals surface area contributed by atoms with Gasteiger partial charge in [-0.25, -0.2) is 0 Å². The number of aryl methyl sites for hydroxylation is 3. The maximum Gasteiger partial charge on any atom is 0.310 e. The highest BCUT2D eigenvalue weighted by atomic mass is 16.5. The van der Waals surface area contributed by atoms with Crippen molar-refractivity contribution in [1.82, 2.24) is 4.98 Å². The van der Waals surface area contributed by atoms with Crippen LogP contribution >= 0.6 is 0 Å². The first kappa shape index (κ1) is 17.0. The number of para-hydroxylation sites is 1. The van der Waals surface area contributed by atoms with Crippen molar-refractivity contribution in [3.63, 3.8) is 0 Å². The number of H-pyrrole nitrogens is 1. The molecule has 4 heteroatoms. The number of nitrogens with one attached hydrogen (secondary N) is 1. The Labute approximate surface area is 146 Å². The molecule has 0 radical (unpaired) electrons. The quantitative estimate of drug-likeness (QED) is 0.565. The zero-order valence-electron chi connectivity index (χ0n) is 14.7. The summed E-state index contributed by atoms with van der Waals surface area (Å²) in [6.45, 7) is 5.64. The van der Waals surface area contributed by atoms with Crippen LogP contribution in [-0.2, 0) is 16.0 Å². The average molecular weight is 335 g/mol. The molecule has 25 heavy (non-hydrogen) atoms. The summed E-state index contributed by atoms with van der Waals surface area (Å²) in [6.07, 6.45) is 0.168. The van der Waals surface area contributed by atoms with Crippen LogP contribution in [0.1, 0.15) is 32.7 Å². The predicted octanol–water partition coefficient (Wildman–Crippen LogP) is 4.06. The summed E-state index contributed by atoms with van der Waals surface area (Å²) in [5.74, 6) is -0.586. The Morgan fingerprint density at radius 1 is 1.00 bits per heavy atom. The van der Waals surface area contributed by atoms with Gasteiger partial charge in [0, 0.05) is 22.2 Å². The molecule has 0 saturated heterocycles. The van der Waals surface area contributed by atoms with Crippen LogP contribution in [0.15, 0.2) is 42.5 Å². The van der Waals surface area contributed by atoms with E-state index in [1.165, 1.54) is 5.56 Å². The van der Waals surface area contributed by atoms with Gasteiger partial charge in [0.2, 0.25) is 5.78 Å². The standard InChI is InChI=1S/C21H21NO3/c1-13-8-9-16(10-14(13)2)11-20(24)25-12-19(23)21-15(3)22-18-7-5-4-6-17(18)21/h4-10,22H,11-12H2,1-3H3. The van der Waals surface area contributed by atoms with Crippen molar-refractivity contribution in [1.29, 1.82) is 0 Å². The first-order valence-corrected chi connectivity index (χ1v) is 8.28. The molecule has 1 N–H and O–H groups in total. The molecule has 128 valence electrons. The monoisotopic (exact) mass is 335 g/mol. The van der Waals surface area contributed by atoms with Gasteiger partial charge in [0.1, 0.15) is 0 Å². The highest BCUT2D eigenvalue weighted by Gasteiger charge is 2.17. The van der Waals surface area contributed by atoms with Crippen LogP contribution in [0.5, 0.6) is 0 Å². The minimum atomic E-state index is -0.394. The lowest BCUT2D eigenvalue weighted by atomic mass is 10.0. The number of hydrogen-bond donors (Lipinski definition) is 1. The van der Waals surface area contributed by atoms with Gasteiger partial charge in [-0.2, -0.15) is 0 Å². The molecule has 0 aliphatic heterocycles. The van der Waals surface area contributed by atoms with Crippen molar-refractivity contribution in [2.45, 2.75) is 27.2 Å². The summed E-state index contributed by atoms with van der Waals surface area (Å²) in [4.78, 5) is 27.7. The molecule has 0 unspecified atom stereocenters. The van der Waals surface area contributed by atoms with E-state index in [0.717, 1.165) is 27.7 Å². The van der Waals surface area contributed by atoms with Gasteiger partial charge in [-0.3, -0.25) is 9.59 Å². The normalized spacial score (nSPS) is 10.8. The van der Waals surface area contributed by atoms with Crippen LogP contribution in [0.4, 0.5) is 0 Å². The number of esters is 1. The van der Waals surface area contributed by atoms with Crippen molar-refractivity contribution in [2.75, 3.05) is 6.61 Å². The molecule has 3 aromatic rings. The average Bonchev–Trinajstić information content (AvgIpc) is 2.92. The van der Waals surface area contributed by atoms with Crippen LogP contribution in [0, 0.1) is 20.8 Å². The van der Waals surface area contributed by atoms with E-state index < -0.39 is 5.97 Å². The smallest absolute Gasteiger partial charge is 0.310 e. The maximum atomic E-state index is 12.5. The molecule has 1 heterocycles. The lowest BCUT2D eigenvalue weighted by Crippen LogP contribution is -2.16. The molecule has 2 aromatic carbocycles. The Kier molecular flexibility index (Phi) is 4.70. The molecule has 0 amide bonds. The number of benzene rings is 2. The molecule has 0 aliphatic carbocycles. The lowest BCUT2D eigenvalue weighted by molar-refractivity contribution is -0.141. The molecule has 0 spiro atoms. The highest BCUT2D eigenvalue weighted by Crippen LogP contribution is 2.22. The number of aromatic amines is 1. The van der Waals surface area contributed by atoms with Gasteiger partial charge in [0.15, 0.2) is 6.61 Å². The Morgan fingerprint density at radius 2 is 1.76 bits per heavy atom. The Hall–Kier alpha value is -2.88. The fourth-order valence-electron chi connectivity index (χ4n) is 2.99. The second kappa shape index (κ2) is 6.93. The first-order chi connectivity index (χ1) is 12.0. The Bertz CT molecular complexity index is 953. The van der Waals surface area contributed by atoms with E-state index in [9.17, 15) is 9.59 Å². The lowest BCUT2D eigenvalue weighted by Gasteiger charge is -2.07. The largest absolute Gasteiger partial charge is 0.457 e. The number of ketones is 1. The Balaban J connectivity index is 1.66. The minimum Gasteiger partial charge on any atom is -0.457 e. The van der Waals surface area contributed by atoms with Gasteiger partial charge in [-0.05, 0) is 43.5 Å². The molecule has 0 saturated carbocycles. The predicted molar refractivity (Wildman–Crippen MR) is 97.9 cm³/mol. The number of carbonyl (C=O) groups excluding carboxylic acids is 2. The van der Waals surface area contributed by atoms with E-state index in [-0.39, 0.29) is 18.8 Å². The molecule has 0 bridgehead atoms. The highest BCUT2D eigenvalue weighted by molar-refractivity contribution is 6.10. The van der Waals surface area contributed by atoms with Crippen LogP contribution < -0.4 is 0 Å². The van der Waals surface area contributed by atoms with E-state index in [2.05, 4.69) is 4.98 Å². The number of aromatic nitrogens is 1. The number of rotatable bonds is 5. The third-order valence-corrected chi connectivity index (χ3v) is 4.46. The molecule has 0 atom stereocenters. The van der Waals surface area contributed by atoms with Gasteiger partial charge < -0.3 is 9.72 Å². The third kappa shape index (κ3) is 3.63. The molecule has 1 aromatic heterocycles. The summed E-state index contributed by atoms with van der Waals surface area (Å²) in [6, 6.07) is 13.5. The number of Topliss-reactive ketones (excluding diaryl/α,β-unsaturated/α-hetero) is 1. The van der Waals surface area contributed by atoms with Crippen molar-refractivity contribution >= 4 is 22.7 Å². The second-order valence-corrected chi connectivity index (χ2v) is 6.35. The van der Waals surface area contributed by atoms with Crippen molar-refractivity contribution in [3.05, 3.63) is 70.4 Å². The molecular weight excluding hydrogens is 314 g/mol. The summed E-state index contributed by atoms with van der Waals surface area (Å²) < 4.78 is 5.20. The maximum absolute atomic E-state index is 12.5. The van der Waals surface area contributed by atoms with Crippen LogP contribution in [-0.4, -0.2) is 23.3 Å². The molecule has 0 aliphatic rings. The summed E-state index contributed by atoms with van der Waals surface area (Å²) in [5, 5.41) is 0.857. The fourth-order valence-corrected chi connectivity index (χ4v) is 2.99. The summed E-state index contributed by atoms with van der Waals surface area (Å²) >= 11 is 0. The second-order valence-electron chi connectivity index (χ2n) is 6.35. The van der Waals surface area contributed by atoms with Crippen molar-refractivity contribution in [2.24, 2.45) is 0 Å². The van der Waals surface area contributed by atoms with Gasteiger partial charge in [0.05, 0.1) is 6.42 Å². The van der Waals surface area contributed by atoms with Crippen LogP contribution in [0.25, 0.3) is 10.9 Å². The van der Waals surface area contributed by atoms with E-state index >= 15 is 0 Å². The van der Waals surface area contributed by atoms with Gasteiger partial charge >= 0.3 is 5.97 Å². The van der Waals surface area contributed by atoms with Gasteiger partial charge in [-0.1, -0.05) is 36.4 Å². The number of hydrogen-bond acceptors (Lipinski definition) is 3. The van der Waals surface area contributed by atoms with Crippen LogP contribution in [0.3, 0.4) is 0 Å². The SMILES string of the molecule is Cc1ccc(CC(=O)OCC(=O)c2c(C)[nH]c3ccccc23)cc1C. The third-order valence-electron chi connectivity index (χ3n) is 4.46. The van der Waals surface area contributed by atoms with E-state index in [1.807, 2.05) is 63.2 Å². The minimum absolute atomic E-state index is 0.168. The Morgan fingerprint density at radius 3 is 2.52 bits per heavy atom. The molecule has 4 nitrogen and oxygen atoms in total. The summed E-state index contributed by atoms with van der Waals surface area (Å²) in [7, 11) is 0. The van der Waals surface area contributed by atoms with Crippen molar-refractivity contribution in [3.8, 4) is 0 Å². The van der Waals surface area contributed by atoms with E-state index in [1.54, 1.807) is 0 Å². The first-order valence-electron chi connectivity index (χ1n) is 8.28. The molecule has 0 fully saturated rings. The number of ether oxygens (including phenoxy) is 1. The fraction of sp³-hybridized carbons (Fsp3) is 0.238. The van der Waals surface area contributed by atoms with Gasteiger partial charge in [-0.15, -0.1) is 0 Å². The van der Waals surface area contributed by atoms with Gasteiger partial charge in [0.25, 0.3) is 0 Å². The zero-order chi connectivity index (χ0) is 18.0. The van der Waals surface area contributed by atoms with Crippen LogP contribution in [0.2, 0.25) is 0 Å². The number of carbonyl (C=O) groups is 2. The summed E-state index contributed by atoms with van der Waals surface area (Å²) in [5.41, 5.74) is 5.50. The molecular formula is C21H21NO3. The number of fused-ring (bicyclic) bond motifs is 1. The zero-order valence-corrected chi connectivity index (χ0v) is 14.7. The topological polar surface area (TPSA) is 59.2 Å². The van der Waals surface area contributed by atoms with E-state index in [0.29, 0.717) is 5.56 Å². The van der Waals surface area contributed by atoms with Crippen molar-refractivity contribution < 1.29 is 14.3 Å². The van der Waals surface area contributed by atoms with E-state index in [4.69, 9.17) is 4.74 Å². The molecule has 3 rings (SSSR count).